The average molecular weight is 633 g/mol. The Morgan fingerprint density at radius 1 is 0.200 bits per heavy atom. The van der Waals surface area contributed by atoms with Gasteiger partial charge in [0.05, 0.1) is 0 Å². The van der Waals surface area contributed by atoms with E-state index in [1.807, 2.05) is 0 Å². The summed E-state index contributed by atoms with van der Waals surface area (Å²) in [5.41, 5.74) is 10.0. The first-order valence-corrected chi connectivity index (χ1v) is 17.3. The zero-order valence-corrected chi connectivity index (χ0v) is 27.5. The van der Waals surface area contributed by atoms with Crippen molar-refractivity contribution < 1.29 is 0 Å². The topological polar surface area (TPSA) is 0 Å². The third kappa shape index (κ3) is 4.69. The van der Waals surface area contributed by atoms with Crippen molar-refractivity contribution >= 4 is 53.9 Å². The third-order valence-corrected chi connectivity index (χ3v) is 10.4. The summed E-state index contributed by atoms with van der Waals surface area (Å²) in [6.07, 6.45) is 0. The predicted octanol–water partition coefficient (Wildman–Crippen LogP) is 14.1. The van der Waals surface area contributed by atoms with Crippen LogP contribution in [0.2, 0.25) is 0 Å². The summed E-state index contributed by atoms with van der Waals surface area (Å²) in [4.78, 5) is 0. The molecule has 0 heterocycles. The smallest absolute Gasteiger partial charge is 0.00262 e. The lowest BCUT2D eigenvalue weighted by Crippen LogP contribution is -1.91. The van der Waals surface area contributed by atoms with Gasteiger partial charge in [0.2, 0.25) is 0 Å². The molecule has 10 aromatic rings. The summed E-state index contributed by atoms with van der Waals surface area (Å²) in [6.45, 7) is 0. The third-order valence-electron chi connectivity index (χ3n) is 10.4. The van der Waals surface area contributed by atoms with Crippen LogP contribution in [0.15, 0.2) is 194 Å². The second-order valence-electron chi connectivity index (χ2n) is 13.3. The summed E-state index contributed by atoms with van der Waals surface area (Å²) in [6, 6.07) is 71.4. The minimum absolute atomic E-state index is 1.23. The van der Waals surface area contributed by atoms with Gasteiger partial charge in [0.25, 0.3) is 0 Å². The van der Waals surface area contributed by atoms with Crippen LogP contribution in [-0.2, 0) is 0 Å². The number of benzene rings is 10. The van der Waals surface area contributed by atoms with E-state index in [0.29, 0.717) is 0 Å². The van der Waals surface area contributed by atoms with Crippen LogP contribution in [0.3, 0.4) is 0 Å². The molecule has 0 aliphatic rings. The maximum atomic E-state index is 2.37. The Morgan fingerprint density at radius 3 is 1.24 bits per heavy atom. The number of fused-ring (bicyclic) bond motifs is 5. The summed E-state index contributed by atoms with van der Waals surface area (Å²) in [5.74, 6) is 0. The van der Waals surface area contributed by atoms with Gasteiger partial charge in [-0.3, -0.25) is 0 Å². The summed E-state index contributed by atoms with van der Waals surface area (Å²) in [7, 11) is 0. The van der Waals surface area contributed by atoms with E-state index in [2.05, 4.69) is 194 Å². The van der Waals surface area contributed by atoms with Crippen LogP contribution < -0.4 is 0 Å². The molecule has 50 heavy (non-hydrogen) atoms. The van der Waals surface area contributed by atoms with Crippen LogP contribution >= 0.6 is 0 Å². The highest BCUT2D eigenvalue weighted by Crippen LogP contribution is 2.45. The van der Waals surface area contributed by atoms with Gasteiger partial charge in [0.1, 0.15) is 0 Å². The molecule has 0 nitrogen and oxygen atoms in total. The zero-order chi connectivity index (χ0) is 33.0. The lowest BCUT2D eigenvalue weighted by Gasteiger charge is -2.18. The Balaban J connectivity index is 1.13. The van der Waals surface area contributed by atoms with Crippen LogP contribution in [0.5, 0.6) is 0 Å². The van der Waals surface area contributed by atoms with E-state index < -0.39 is 0 Å². The number of hydrogen-bond donors (Lipinski definition) is 0. The van der Waals surface area contributed by atoms with Gasteiger partial charge in [-0.2, -0.15) is 0 Å². The molecule has 10 aromatic carbocycles. The molecule has 0 heteroatoms. The van der Waals surface area contributed by atoms with E-state index in [1.54, 1.807) is 0 Å². The quantitative estimate of drug-likeness (QED) is 0.169. The van der Waals surface area contributed by atoms with E-state index in [0.717, 1.165) is 0 Å². The van der Waals surface area contributed by atoms with Crippen molar-refractivity contribution in [2.24, 2.45) is 0 Å². The van der Waals surface area contributed by atoms with Gasteiger partial charge in [-0.25, -0.2) is 0 Å². The summed E-state index contributed by atoms with van der Waals surface area (Å²) in [5, 5.41) is 12.6. The molecule has 0 amide bonds. The Labute approximate surface area is 291 Å². The number of rotatable bonds is 4. The Kier molecular flexibility index (Phi) is 6.60. The molecule has 0 radical (unpaired) electrons. The lowest BCUT2D eigenvalue weighted by molar-refractivity contribution is 1.63. The second-order valence-corrected chi connectivity index (χ2v) is 13.3. The van der Waals surface area contributed by atoms with Gasteiger partial charge < -0.3 is 0 Å². The fraction of sp³-hybridized carbons (Fsp3) is 0. The maximum Gasteiger partial charge on any atom is -0.00262 e. The molecule has 0 atom stereocenters. The van der Waals surface area contributed by atoms with Crippen LogP contribution in [0.1, 0.15) is 0 Å². The fourth-order valence-corrected chi connectivity index (χ4v) is 8.02. The van der Waals surface area contributed by atoms with Crippen LogP contribution in [-0.4, -0.2) is 0 Å². The van der Waals surface area contributed by atoms with E-state index in [1.165, 1.54) is 98.4 Å². The minimum atomic E-state index is 1.23. The Bertz CT molecular complexity index is 2860. The monoisotopic (exact) mass is 632 g/mol. The van der Waals surface area contributed by atoms with Crippen LogP contribution in [0.4, 0.5) is 0 Å². The van der Waals surface area contributed by atoms with Crippen molar-refractivity contribution in [3.63, 3.8) is 0 Å². The molecule has 0 N–H and O–H groups in total. The van der Waals surface area contributed by atoms with Crippen molar-refractivity contribution in [3.8, 4) is 44.5 Å². The molecule has 0 saturated heterocycles. The molecule has 0 bridgehead atoms. The number of hydrogen-bond acceptors (Lipinski definition) is 0. The molecule has 0 aliphatic heterocycles. The van der Waals surface area contributed by atoms with E-state index in [-0.39, 0.29) is 0 Å². The van der Waals surface area contributed by atoms with E-state index in [4.69, 9.17) is 0 Å². The van der Waals surface area contributed by atoms with Gasteiger partial charge in [-0.15, -0.1) is 0 Å². The molecule has 232 valence electrons. The molecular weight excluding hydrogens is 601 g/mol. The molecular formula is C50H32. The molecule has 10 rings (SSSR count). The Morgan fingerprint density at radius 2 is 0.600 bits per heavy atom. The highest BCUT2D eigenvalue weighted by molar-refractivity contribution is 6.22. The van der Waals surface area contributed by atoms with Crippen molar-refractivity contribution in [3.05, 3.63) is 194 Å². The Hall–Kier alpha value is -6.50. The largest absolute Gasteiger partial charge is 0.0616 e. The zero-order valence-electron chi connectivity index (χ0n) is 27.5. The van der Waals surface area contributed by atoms with Crippen LogP contribution in [0, 0.1) is 0 Å². The highest BCUT2D eigenvalue weighted by Gasteiger charge is 2.17. The van der Waals surface area contributed by atoms with Crippen molar-refractivity contribution in [1.82, 2.24) is 0 Å². The first-order chi connectivity index (χ1) is 24.8. The van der Waals surface area contributed by atoms with Gasteiger partial charge in [0.15, 0.2) is 0 Å². The molecule has 0 aliphatic carbocycles. The average Bonchev–Trinajstić information content (AvgIpc) is 3.19. The van der Waals surface area contributed by atoms with Crippen molar-refractivity contribution in [1.29, 1.82) is 0 Å². The second kappa shape index (κ2) is 11.6. The first kappa shape index (κ1) is 28.5. The van der Waals surface area contributed by atoms with Gasteiger partial charge in [0, 0.05) is 0 Å². The standard InChI is InChI=1S/C50H32/c1-2-13-35-29-36(24-23-33(35)11-1)37-25-26-39-31-42(28-27-38(39)30-37)50-47-20-7-5-18-45(47)49(46-19-6-8-21-48(46)50)41-16-9-15-40(32-41)44-22-10-14-34-12-3-4-17-43(34)44/h1-32H. The first-order valence-electron chi connectivity index (χ1n) is 17.3. The molecule has 0 fully saturated rings. The lowest BCUT2D eigenvalue weighted by atomic mass is 9.85. The van der Waals surface area contributed by atoms with E-state index >= 15 is 0 Å². The predicted molar refractivity (Wildman–Crippen MR) is 216 cm³/mol. The fourth-order valence-electron chi connectivity index (χ4n) is 8.02. The van der Waals surface area contributed by atoms with Crippen LogP contribution in [0.25, 0.3) is 98.4 Å². The summed E-state index contributed by atoms with van der Waals surface area (Å²) < 4.78 is 0. The van der Waals surface area contributed by atoms with Crippen molar-refractivity contribution in [2.75, 3.05) is 0 Å². The van der Waals surface area contributed by atoms with Gasteiger partial charge >= 0.3 is 0 Å². The molecule has 0 unspecified atom stereocenters. The normalized spacial score (nSPS) is 11.6. The maximum absolute atomic E-state index is 2.37. The highest BCUT2D eigenvalue weighted by atomic mass is 14.2. The minimum Gasteiger partial charge on any atom is -0.0616 e. The molecule has 0 spiro atoms. The molecule has 0 aromatic heterocycles. The molecule has 0 saturated carbocycles. The SMILES string of the molecule is c1cc(-c2cccc3ccccc23)cc(-c2c3ccccc3c(-c3ccc4cc(-c5ccc6ccccc6c5)ccc4c3)c3ccccc23)c1. The van der Waals surface area contributed by atoms with Gasteiger partial charge in [-0.05, 0) is 123 Å². The van der Waals surface area contributed by atoms with Crippen molar-refractivity contribution in [2.45, 2.75) is 0 Å². The van der Waals surface area contributed by atoms with E-state index in [9.17, 15) is 0 Å². The summed E-state index contributed by atoms with van der Waals surface area (Å²) >= 11 is 0. The van der Waals surface area contributed by atoms with Gasteiger partial charge in [-0.1, -0.05) is 170 Å².